The highest BCUT2D eigenvalue weighted by Crippen LogP contribution is 2.22. The first-order chi connectivity index (χ1) is 10.1. The van der Waals surface area contributed by atoms with E-state index < -0.39 is 5.97 Å². The highest BCUT2D eigenvalue weighted by Gasteiger charge is 2.14. The highest BCUT2D eigenvalue weighted by atomic mass is 16.5. The summed E-state index contributed by atoms with van der Waals surface area (Å²) in [5, 5.41) is 9.17. The molecule has 0 heterocycles. The average Bonchev–Trinajstić information content (AvgIpc) is 2.53. The van der Waals surface area contributed by atoms with Crippen LogP contribution in [-0.4, -0.2) is 24.0 Å². The number of benzene rings is 2. The van der Waals surface area contributed by atoms with Gasteiger partial charge in [0, 0.05) is 11.5 Å². The lowest BCUT2D eigenvalue weighted by molar-refractivity contribution is 0.0692. The molecule has 2 aromatic carbocycles. The molecule has 1 atom stereocenters. The first kappa shape index (κ1) is 14.8. The van der Waals surface area contributed by atoms with Crippen molar-refractivity contribution in [3.63, 3.8) is 0 Å². The van der Waals surface area contributed by atoms with Crippen LogP contribution >= 0.6 is 0 Å². The number of ether oxygens (including phenoxy) is 1. The summed E-state index contributed by atoms with van der Waals surface area (Å²) in [6.07, 6.45) is 0.614. The zero-order valence-electron chi connectivity index (χ0n) is 11.7. The molecule has 108 valence electrons. The number of aldehydes is 1. The van der Waals surface area contributed by atoms with E-state index in [9.17, 15) is 14.7 Å². The average molecular weight is 284 g/mol. The van der Waals surface area contributed by atoms with Crippen LogP contribution in [0.25, 0.3) is 0 Å². The molecule has 0 bridgehead atoms. The summed E-state index contributed by atoms with van der Waals surface area (Å²) in [6.45, 7) is 2.38. The number of carbonyl (C=O) groups excluding carboxylic acids is 1. The number of rotatable bonds is 6. The van der Waals surface area contributed by atoms with Crippen molar-refractivity contribution in [2.75, 3.05) is 6.61 Å². The lowest BCUT2D eigenvalue weighted by atomic mass is 10.0. The van der Waals surface area contributed by atoms with Crippen molar-refractivity contribution in [3.05, 3.63) is 65.2 Å². The molecule has 0 radical (unpaired) electrons. The number of carboxylic acids is 1. The van der Waals surface area contributed by atoms with Gasteiger partial charge in [-0.1, -0.05) is 37.3 Å². The maximum atomic E-state index is 11.2. The van der Waals surface area contributed by atoms with E-state index in [0.29, 0.717) is 18.5 Å². The Kier molecular flexibility index (Phi) is 4.72. The van der Waals surface area contributed by atoms with Gasteiger partial charge >= 0.3 is 5.97 Å². The van der Waals surface area contributed by atoms with Gasteiger partial charge in [-0.25, -0.2) is 4.79 Å². The van der Waals surface area contributed by atoms with Crippen LogP contribution in [0.4, 0.5) is 0 Å². The fourth-order valence-corrected chi connectivity index (χ4v) is 2.01. The molecule has 0 aromatic heterocycles. The maximum Gasteiger partial charge on any atom is 0.339 e. The van der Waals surface area contributed by atoms with E-state index >= 15 is 0 Å². The number of hydrogen-bond acceptors (Lipinski definition) is 3. The Hall–Kier alpha value is -2.62. The number of aromatic carboxylic acids is 1. The fraction of sp³-hybridized carbons (Fsp3) is 0.176. The van der Waals surface area contributed by atoms with Gasteiger partial charge in [-0.15, -0.1) is 0 Å². The maximum absolute atomic E-state index is 11.2. The van der Waals surface area contributed by atoms with Gasteiger partial charge in [0.1, 0.15) is 17.6 Å². The van der Waals surface area contributed by atoms with Crippen molar-refractivity contribution in [1.82, 2.24) is 0 Å². The molecular weight excluding hydrogens is 268 g/mol. The van der Waals surface area contributed by atoms with Crippen molar-refractivity contribution in [2.24, 2.45) is 0 Å². The van der Waals surface area contributed by atoms with E-state index in [4.69, 9.17) is 4.74 Å². The number of carboxylic acid groups (broad SMARTS) is 1. The van der Waals surface area contributed by atoms with Crippen LogP contribution < -0.4 is 4.74 Å². The minimum Gasteiger partial charge on any atom is -0.492 e. The van der Waals surface area contributed by atoms with Crippen molar-refractivity contribution >= 4 is 12.3 Å². The van der Waals surface area contributed by atoms with E-state index in [2.05, 4.69) is 0 Å². The van der Waals surface area contributed by atoms with Crippen LogP contribution in [0.3, 0.4) is 0 Å². The largest absolute Gasteiger partial charge is 0.492 e. The first-order valence-corrected chi connectivity index (χ1v) is 6.62. The van der Waals surface area contributed by atoms with E-state index in [1.807, 2.05) is 37.3 Å². The summed E-state index contributed by atoms with van der Waals surface area (Å²) < 4.78 is 5.62. The summed E-state index contributed by atoms with van der Waals surface area (Å²) in [5.41, 5.74) is 1.44. The summed E-state index contributed by atoms with van der Waals surface area (Å²) in [7, 11) is 0. The normalized spacial score (nSPS) is 11.7. The number of hydrogen-bond donors (Lipinski definition) is 1. The number of carbonyl (C=O) groups is 2. The summed E-state index contributed by atoms with van der Waals surface area (Å²) in [4.78, 5) is 21.9. The lowest BCUT2D eigenvalue weighted by Crippen LogP contribution is -2.10. The molecule has 0 amide bonds. The second-order valence-electron chi connectivity index (χ2n) is 4.80. The van der Waals surface area contributed by atoms with Gasteiger partial charge in [-0.2, -0.15) is 0 Å². The van der Waals surface area contributed by atoms with E-state index in [1.54, 1.807) is 6.07 Å². The van der Waals surface area contributed by atoms with Gasteiger partial charge in [0.15, 0.2) is 0 Å². The summed E-state index contributed by atoms with van der Waals surface area (Å²) >= 11 is 0. The van der Waals surface area contributed by atoms with Gasteiger partial charge in [-0.3, -0.25) is 4.79 Å². The molecule has 0 aliphatic carbocycles. The predicted molar refractivity (Wildman–Crippen MR) is 79.1 cm³/mol. The smallest absolute Gasteiger partial charge is 0.339 e. The zero-order chi connectivity index (χ0) is 15.2. The molecule has 1 unspecified atom stereocenters. The third-order valence-electron chi connectivity index (χ3n) is 3.23. The molecule has 0 aliphatic heterocycles. The Morgan fingerprint density at radius 1 is 1.24 bits per heavy atom. The van der Waals surface area contributed by atoms with Crippen LogP contribution in [0.15, 0.2) is 48.5 Å². The minimum atomic E-state index is -1.11. The molecule has 2 aromatic rings. The molecule has 0 saturated carbocycles. The van der Waals surface area contributed by atoms with Crippen LogP contribution in [0, 0.1) is 0 Å². The Labute approximate surface area is 123 Å². The van der Waals surface area contributed by atoms with Gasteiger partial charge in [0.05, 0.1) is 6.61 Å². The van der Waals surface area contributed by atoms with Crippen molar-refractivity contribution in [1.29, 1.82) is 0 Å². The standard InChI is InChI=1S/C17H16O4/c1-12(14-5-3-2-4-6-14)11-21-16-8-7-13(10-18)9-15(16)17(19)20/h2-10,12H,11H2,1H3,(H,19,20). The van der Waals surface area contributed by atoms with Crippen LogP contribution in [0.2, 0.25) is 0 Å². The Morgan fingerprint density at radius 3 is 2.57 bits per heavy atom. The molecule has 21 heavy (non-hydrogen) atoms. The molecule has 4 nitrogen and oxygen atoms in total. The Morgan fingerprint density at radius 2 is 1.95 bits per heavy atom. The summed E-state index contributed by atoms with van der Waals surface area (Å²) in [5.74, 6) is -0.699. The van der Waals surface area contributed by atoms with Crippen molar-refractivity contribution in [3.8, 4) is 5.75 Å². The van der Waals surface area contributed by atoms with E-state index in [-0.39, 0.29) is 17.2 Å². The van der Waals surface area contributed by atoms with Crippen LogP contribution in [0.5, 0.6) is 5.75 Å². The molecule has 0 spiro atoms. The van der Waals surface area contributed by atoms with E-state index in [0.717, 1.165) is 5.56 Å². The minimum absolute atomic E-state index is 0.000128. The van der Waals surface area contributed by atoms with Crippen molar-refractivity contribution < 1.29 is 19.4 Å². The van der Waals surface area contributed by atoms with Gasteiger partial charge in [0.2, 0.25) is 0 Å². The van der Waals surface area contributed by atoms with Gasteiger partial charge in [-0.05, 0) is 23.8 Å². The summed E-state index contributed by atoms with van der Waals surface area (Å²) in [6, 6.07) is 14.2. The SMILES string of the molecule is CC(COc1ccc(C=O)cc1C(=O)O)c1ccccc1. The molecular formula is C17H16O4. The molecule has 0 aliphatic rings. The molecule has 0 fully saturated rings. The second kappa shape index (κ2) is 6.70. The molecule has 2 rings (SSSR count). The van der Waals surface area contributed by atoms with Gasteiger partial charge < -0.3 is 9.84 Å². The van der Waals surface area contributed by atoms with Crippen LogP contribution in [0.1, 0.15) is 39.1 Å². The molecule has 1 N–H and O–H groups in total. The third-order valence-corrected chi connectivity index (χ3v) is 3.23. The molecule has 0 saturated heterocycles. The van der Waals surface area contributed by atoms with Crippen LogP contribution in [-0.2, 0) is 0 Å². The molecule has 4 heteroatoms. The fourth-order valence-electron chi connectivity index (χ4n) is 2.01. The monoisotopic (exact) mass is 284 g/mol. The zero-order valence-corrected chi connectivity index (χ0v) is 11.7. The third kappa shape index (κ3) is 3.69. The van der Waals surface area contributed by atoms with Crippen molar-refractivity contribution in [2.45, 2.75) is 12.8 Å². The topological polar surface area (TPSA) is 63.6 Å². The Balaban J connectivity index is 2.13. The quantitative estimate of drug-likeness (QED) is 0.826. The Bertz CT molecular complexity index is 634. The first-order valence-electron chi connectivity index (χ1n) is 6.62. The lowest BCUT2D eigenvalue weighted by Gasteiger charge is -2.15. The van der Waals surface area contributed by atoms with E-state index in [1.165, 1.54) is 12.1 Å². The second-order valence-corrected chi connectivity index (χ2v) is 4.80. The predicted octanol–water partition coefficient (Wildman–Crippen LogP) is 3.38. The highest BCUT2D eigenvalue weighted by molar-refractivity contribution is 5.93. The van der Waals surface area contributed by atoms with Gasteiger partial charge in [0.25, 0.3) is 0 Å².